The van der Waals surface area contributed by atoms with Crippen molar-refractivity contribution in [3.63, 3.8) is 0 Å². The summed E-state index contributed by atoms with van der Waals surface area (Å²) in [5, 5.41) is 0.360. The Bertz CT molecular complexity index is 1140. The lowest BCUT2D eigenvalue weighted by Crippen LogP contribution is -2.11. The van der Waals surface area contributed by atoms with E-state index in [0.717, 1.165) is 11.8 Å². The molecule has 1 heterocycles. The van der Waals surface area contributed by atoms with Crippen molar-refractivity contribution in [2.45, 2.75) is 36.7 Å². The molecule has 2 aromatic carbocycles. The lowest BCUT2D eigenvalue weighted by molar-refractivity contribution is -0.143. The third-order valence-corrected chi connectivity index (χ3v) is 5.81. The van der Waals surface area contributed by atoms with Gasteiger partial charge in [0.2, 0.25) is 0 Å². The molecule has 184 valence electrons. The summed E-state index contributed by atoms with van der Waals surface area (Å²) in [4.78, 5) is 16.5. The zero-order chi connectivity index (χ0) is 25.1. The number of imidazole rings is 1. The monoisotopic (exact) mass is 506 g/mol. The van der Waals surface area contributed by atoms with Crippen LogP contribution in [0.25, 0.3) is 11.0 Å². The zero-order valence-corrected chi connectivity index (χ0v) is 18.9. The minimum absolute atomic E-state index is 0.0961. The van der Waals surface area contributed by atoms with E-state index in [-0.39, 0.29) is 29.6 Å². The molecule has 3 rings (SSSR count). The number of ether oxygens (including phenoxy) is 2. The third-order valence-electron chi connectivity index (χ3n) is 4.76. The number of thioether (sulfide) groups is 1. The van der Waals surface area contributed by atoms with Crippen LogP contribution in [0.3, 0.4) is 0 Å². The molecule has 0 radical (unpaired) electrons. The standard InChI is InChI=1S/C22H20F6N2O3S/c1-3-33-19(31)14-4-5-18-17(10-14)29-20(30(18)6-7-32-2)34-12-13-8-15(21(23,24)25)11-16(9-13)22(26,27)28/h4-5,8-11H,3,6-7,12H2,1-2H3. The normalized spacial score (nSPS) is 12.4. The second kappa shape index (κ2) is 10.3. The predicted molar refractivity (Wildman–Crippen MR) is 114 cm³/mol. The van der Waals surface area contributed by atoms with Crippen LogP contribution in [0.4, 0.5) is 26.3 Å². The average molecular weight is 506 g/mol. The fourth-order valence-corrected chi connectivity index (χ4v) is 4.18. The summed E-state index contributed by atoms with van der Waals surface area (Å²) in [6.45, 7) is 2.49. The molecule has 0 saturated carbocycles. The SMILES string of the molecule is CCOC(=O)c1ccc2c(c1)nc(SCc1cc(C(F)(F)F)cc(C(F)(F)F)c1)n2CCOC. The molecule has 12 heteroatoms. The largest absolute Gasteiger partial charge is 0.462 e. The minimum Gasteiger partial charge on any atom is -0.462 e. The molecule has 0 fully saturated rings. The third kappa shape index (κ3) is 6.03. The fraction of sp³-hybridized carbons (Fsp3) is 0.364. The van der Waals surface area contributed by atoms with Crippen LogP contribution < -0.4 is 0 Å². The molecule has 0 saturated heterocycles. The first-order valence-electron chi connectivity index (χ1n) is 10.0. The highest BCUT2D eigenvalue weighted by Crippen LogP contribution is 2.37. The number of methoxy groups -OCH3 is 1. The molecule has 0 amide bonds. The van der Waals surface area contributed by atoms with Crippen LogP contribution in [0.15, 0.2) is 41.6 Å². The summed E-state index contributed by atoms with van der Waals surface area (Å²) in [5.41, 5.74) is -1.55. The van der Waals surface area contributed by atoms with Gasteiger partial charge < -0.3 is 14.0 Å². The lowest BCUT2D eigenvalue weighted by Gasteiger charge is -2.14. The maximum Gasteiger partial charge on any atom is 0.416 e. The van der Waals surface area contributed by atoms with Gasteiger partial charge >= 0.3 is 18.3 Å². The van der Waals surface area contributed by atoms with E-state index in [1.165, 1.54) is 13.2 Å². The van der Waals surface area contributed by atoms with Crippen molar-refractivity contribution in [3.8, 4) is 0 Å². The molecule has 0 bridgehead atoms. The Morgan fingerprint density at radius 2 is 1.68 bits per heavy atom. The Kier molecular flexibility index (Phi) is 7.81. The van der Waals surface area contributed by atoms with Gasteiger partial charge in [-0.2, -0.15) is 26.3 Å². The van der Waals surface area contributed by atoms with E-state index in [0.29, 0.717) is 41.5 Å². The Labute approximate surface area is 195 Å². The molecule has 1 aromatic heterocycles. The van der Waals surface area contributed by atoms with Gasteiger partial charge in [-0.25, -0.2) is 9.78 Å². The van der Waals surface area contributed by atoms with Crippen LogP contribution in [-0.2, 0) is 34.1 Å². The molecule has 0 aliphatic carbocycles. The van der Waals surface area contributed by atoms with E-state index in [1.54, 1.807) is 23.6 Å². The van der Waals surface area contributed by atoms with Gasteiger partial charge in [0, 0.05) is 19.4 Å². The van der Waals surface area contributed by atoms with E-state index in [1.807, 2.05) is 0 Å². The van der Waals surface area contributed by atoms with Gasteiger partial charge in [-0.1, -0.05) is 11.8 Å². The minimum atomic E-state index is -4.92. The lowest BCUT2D eigenvalue weighted by atomic mass is 10.1. The summed E-state index contributed by atoms with van der Waals surface area (Å²) in [6.07, 6.45) is -9.84. The van der Waals surface area contributed by atoms with Crippen molar-refractivity contribution in [3.05, 3.63) is 58.7 Å². The molecule has 0 spiro atoms. The highest BCUT2D eigenvalue weighted by molar-refractivity contribution is 7.98. The number of esters is 1. The van der Waals surface area contributed by atoms with Gasteiger partial charge in [0.05, 0.1) is 40.9 Å². The smallest absolute Gasteiger partial charge is 0.416 e. The van der Waals surface area contributed by atoms with Crippen LogP contribution in [0.1, 0.15) is 34.0 Å². The summed E-state index contributed by atoms with van der Waals surface area (Å²) in [6, 6.07) is 6.22. The average Bonchev–Trinajstić information content (AvgIpc) is 3.11. The van der Waals surface area contributed by atoms with E-state index >= 15 is 0 Å². The Morgan fingerprint density at radius 1 is 1.03 bits per heavy atom. The number of alkyl halides is 6. The molecule has 5 nitrogen and oxygen atoms in total. The quantitative estimate of drug-likeness (QED) is 0.207. The number of halogens is 6. The van der Waals surface area contributed by atoms with Gasteiger partial charge in [0.1, 0.15) is 0 Å². The van der Waals surface area contributed by atoms with Gasteiger partial charge in [-0.05, 0) is 48.9 Å². The molecular formula is C22H20F6N2O3S. The fourth-order valence-electron chi connectivity index (χ4n) is 3.21. The molecule has 0 aliphatic rings. The Balaban J connectivity index is 1.97. The number of benzene rings is 2. The second-order valence-electron chi connectivity index (χ2n) is 7.17. The molecule has 0 unspecified atom stereocenters. The van der Waals surface area contributed by atoms with Crippen molar-refractivity contribution in [1.82, 2.24) is 9.55 Å². The molecule has 34 heavy (non-hydrogen) atoms. The van der Waals surface area contributed by atoms with Gasteiger partial charge in [-0.3, -0.25) is 0 Å². The zero-order valence-electron chi connectivity index (χ0n) is 18.1. The number of fused-ring (bicyclic) bond motifs is 1. The van der Waals surface area contributed by atoms with Crippen LogP contribution in [-0.4, -0.2) is 35.8 Å². The topological polar surface area (TPSA) is 53.3 Å². The first kappa shape index (κ1) is 25.9. The first-order chi connectivity index (χ1) is 15.9. The van der Waals surface area contributed by atoms with Crippen LogP contribution >= 0.6 is 11.8 Å². The van der Waals surface area contributed by atoms with Crippen molar-refractivity contribution >= 4 is 28.8 Å². The summed E-state index contributed by atoms with van der Waals surface area (Å²) < 4.78 is 90.8. The van der Waals surface area contributed by atoms with E-state index in [4.69, 9.17) is 9.47 Å². The summed E-state index contributed by atoms with van der Waals surface area (Å²) >= 11 is 0.985. The van der Waals surface area contributed by atoms with Crippen molar-refractivity contribution in [2.24, 2.45) is 0 Å². The number of hydrogen-bond acceptors (Lipinski definition) is 5. The van der Waals surface area contributed by atoms with Gasteiger partial charge in [0.25, 0.3) is 0 Å². The second-order valence-corrected chi connectivity index (χ2v) is 8.11. The molecule has 3 aromatic rings. The number of carbonyl (C=O) groups is 1. The van der Waals surface area contributed by atoms with Crippen LogP contribution in [0, 0.1) is 0 Å². The van der Waals surface area contributed by atoms with Crippen molar-refractivity contribution in [1.29, 1.82) is 0 Å². The van der Waals surface area contributed by atoms with E-state index in [9.17, 15) is 31.1 Å². The maximum absolute atomic E-state index is 13.2. The van der Waals surface area contributed by atoms with E-state index < -0.39 is 29.4 Å². The number of hydrogen-bond donors (Lipinski definition) is 0. The van der Waals surface area contributed by atoms with Gasteiger partial charge in [0.15, 0.2) is 5.16 Å². The number of nitrogens with zero attached hydrogens (tertiary/aromatic N) is 2. The maximum atomic E-state index is 13.2. The number of rotatable bonds is 8. The van der Waals surface area contributed by atoms with Crippen molar-refractivity contribution in [2.75, 3.05) is 20.3 Å². The molecule has 0 aliphatic heterocycles. The van der Waals surface area contributed by atoms with E-state index in [2.05, 4.69) is 4.98 Å². The summed E-state index contributed by atoms with van der Waals surface area (Å²) in [5.74, 6) is -0.720. The molecular weight excluding hydrogens is 486 g/mol. The number of aromatic nitrogens is 2. The highest BCUT2D eigenvalue weighted by Gasteiger charge is 2.36. The van der Waals surface area contributed by atoms with Gasteiger partial charge in [-0.15, -0.1) is 0 Å². The summed E-state index contributed by atoms with van der Waals surface area (Å²) in [7, 11) is 1.49. The molecule has 0 atom stereocenters. The van der Waals surface area contributed by atoms with Crippen LogP contribution in [0.2, 0.25) is 0 Å². The number of carbonyl (C=O) groups excluding carboxylic acids is 1. The Hall–Kier alpha value is -2.73. The Morgan fingerprint density at radius 3 is 2.24 bits per heavy atom. The highest BCUT2D eigenvalue weighted by atomic mass is 32.2. The first-order valence-corrected chi connectivity index (χ1v) is 11.0. The van der Waals surface area contributed by atoms with Crippen molar-refractivity contribution < 1.29 is 40.6 Å². The molecule has 0 N–H and O–H groups in total. The predicted octanol–water partition coefficient (Wildman–Crippen LogP) is 6.19. The van der Waals surface area contributed by atoms with Crippen LogP contribution in [0.5, 0.6) is 0 Å².